The molecule has 0 fully saturated rings. The highest BCUT2D eigenvalue weighted by Gasteiger charge is 2.20. The van der Waals surface area contributed by atoms with Crippen molar-refractivity contribution < 1.29 is 14.7 Å². The van der Waals surface area contributed by atoms with Crippen LogP contribution in [-0.4, -0.2) is 16.9 Å². The summed E-state index contributed by atoms with van der Waals surface area (Å²) in [7, 11) is 0. The maximum atomic E-state index is 13.1. The van der Waals surface area contributed by atoms with Crippen LogP contribution in [0.4, 0.5) is 22.7 Å². The van der Waals surface area contributed by atoms with Gasteiger partial charge >= 0.3 is 0 Å². The SMILES string of the molecule is O=C(Nc1ccccc1)c1ccc2c(N=Nc3ccccc3)c(O)c(C(=O)Nc3ccccc3)cc2c1. The molecule has 0 aliphatic rings. The zero-order chi connectivity index (χ0) is 25.6. The summed E-state index contributed by atoms with van der Waals surface area (Å²) < 4.78 is 0. The number of anilines is 2. The largest absolute Gasteiger partial charge is 0.505 e. The highest BCUT2D eigenvalue weighted by molar-refractivity contribution is 6.13. The van der Waals surface area contributed by atoms with Crippen molar-refractivity contribution in [2.24, 2.45) is 10.2 Å². The lowest BCUT2D eigenvalue weighted by molar-refractivity contribution is 0.101. The second-order valence-electron chi connectivity index (χ2n) is 8.23. The van der Waals surface area contributed by atoms with Gasteiger partial charge in [-0.2, -0.15) is 5.11 Å². The number of benzene rings is 5. The van der Waals surface area contributed by atoms with Gasteiger partial charge in [-0.15, -0.1) is 5.11 Å². The van der Waals surface area contributed by atoms with E-state index >= 15 is 0 Å². The van der Waals surface area contributed by atoms with Crippen LogP contribution in [0.3, 0.4) is 0 Å². The molecule has 5 aromatic rings. The molecule has 0 saturated carbocycles. The first-order valence-electron chi connectivity index (χ1n) is 11.6. The number of aromatic hydroxyl groups is 1. The summed E-state index contributed by atoms with van der Waals surface area (Å²) in [4.78, 5) is 26.0. The predicted octanol–water partition coefficient (Wildman–Crippen LogP) is 7.47. The minimum absolute atomic E-state index is 0.0129. The van der Waals surface area contributed by atoms with Gasteiger partial charge in [0.2, 0.25) is 0 Å². The van der Waals surface area contributed by atoms with Gasteiger partial charge in [-0.05, 0) is 60.0 Å². The van der Waals surface area contributed by atoms with Gasteiger partial charge in [0, 0.05) is 22.3 Å². The first kappa shape index (κ1) is 23.4. The Labute approximate surface area is 213 Å². The molecular weight excluding hydrogens is 464 g/mol. The third-order valence-electron chi connectivity index (χ3n) is 5.68. The molecule has 7 nitrogen and oxygen atoms in total. The van der Waals surface area contributed by atoms with Gasteiger partial charge in [0.05, 0.1) is 11.3 Å². The van der Waals surface area contributed by atoms with Crippen LogP contribution in [0, 0.1) is 0 Å². The number of fused-ring (bicyclic) bond motifs is 1. The first-order valence-corrected chi connectivity index (χ1v) is 11.6. The average molecular weight is 487 g/mol. The van der Waals surface area contributed by atoms with Crippen LogP contribution in [0.15, 0.2) is 125 Å². The standard InChI is InChI=1S/C30H22N4O3/c35-28-26(30(37)32-23-12-6-2-7-13-23)19-21-18-20(29(36)31-22-10-4-1-5-11-22)16-17-25(21)27(28)34-33-24-14-8-3-9-15-24/h1-19,35H,(H,31,36)(H,32,37). The van der Waals surface area contributed by atoms with E-state index in [0.717, 1.165) is 0 Å². The number of hydrogen-bond donors (Lipinski definition) is 3. The lowest BCUT2D eigenvalue weighted by Crippen LogP contribution is -2.13. The predicted molar refractivity (Wildman–Crippen MR) is 145 cm³/mol. The minimum Gasteiger partial charge on any atom is -0.505 e. The van der Waals surface area contributed by atoms with Gasteiger partial charge in [0.25, 0.3) is 11.8 Å². The summed E-state index contributed by atoms with van der Waals surface area (Å²) in [5.41, 5.74) is 2.37. The summed E-state index contributed by atoms with van der Waals surface area (Å²) >= 11 is 0. The second kappa shape index (κ2) is 10.5. The van der Waals surface area contributed by atoms with Gasteiger partial charge in [0.1, 0.15) is 5.69 Å². The van der Waals surface area contributed by atoms with E-state index in [2.05, 4.69) is 20.9 Å². The summed E-state index contributed by atoms with van der Waals surface area (Å²) in [6.07, 6.45) is 0. The molecule has 0 radical (unpaired) electrons. The van der Waals surface area contributed by atoms with E-state index in [1.807, 2.05) is 42.5 Å². The summed E-state index contributed by atoms with van der Waals surface area (Å²) in [6.45, 7) is 0. The number of nitrogens with one attached hydrogen (secondary N) is 2. The first-order chi connectivity index (χ1) is 18.1. The van der Waals surface area contributed by atoms with Crippen molar-refractivity contribution in [3.63, 3.8) is 0 Å². The molecule has 7 heteroatoms. The van der Waals surface area contributed by atoms with Crippen LogP contribution in [0.25, 0.3) is 10.8 Å². The van der Waals surface area contributed by atoms with Gasteiger partial charge in [-0.3, -0.25) is 9.59 Å². The highest BCUT2D eigenvalue weighted by Crippen LogP contribution is 2.40. The fourth-order valence-electron chi connectivity index (χ4n) is 3.84. The zero-order valence-corrected chi connectivity index (χ0v) is 19.6. The summed E-state index contributed by atoms with van der Waals surface area (Å²) in [5, 5.41) is 26.4. The number of azo groups is 1. The molecule has 5 rings (SSSR count). The lowest BCUT2D eigenvalue weighted by Gasteiger charge is -2.12. The number of para-hydroxylation sites is 2. The zero-order valence-electron chi connectivity index (χ0n) is 19.6. The number of amides is 2. The Hall–Kier alpha value is -5.30. The molecule has 0 bridgehead atoms. The number of hydrogen-bond acceptors (Lipinski definition) is 5. The Bertz CT molecular complexity index is 1600. The molecule has 0 spiro atoms. The van der Waals surface area contributed by atoms with E-state index in [0.29, 0.717) is 33.4 Å². The number of phenolic OH excluding ortho intramolecular Hbond substituents is 1. The van der Waals surface area contributed by atoms with E-state index in [-0.39, 0.29) is 22.9 Å². The topological polar surface area (TPSA) is 103 Å². The molecule has 0 unspecified atom stereocenters. The van der Waals surface area contributed by atoms with Gasteiger partial charge in [0.15, 0.2) is 5.75 Å². The molecule has 37 heavy (non-hydrogen) atoms. The molecule has 0 heterocycles. The molecule has 3 N–H and O–H groups in total. The van der Waals surface area contributed by atoms with E-state index in [1.54, 1.807) is 72.8 Å². The number of carbonyl (C=O) groups is 2. The average Bonchev–Trinajstić information content (AvgIpc) is 2.93. The molecule has 0 atom stereocenters. The molecule has 0 aliphatic heterocycles. The quantitative estimate of drug-likeness (QED) is 0.217. The number of phenols is 1. The van der Waals surface area contributed by atoms with Crippen molar-refractivity contribution in [2.45, 2.75) is 0 Å². The van der Waals surface area contributed by atoms with Crippen LogP contribution in [0.2, 0.25) is 0 Å². The van der Waals surface area contributed by atoms with Crippen molar-refractivity contribution in [1.29, 1.82) is 0 Å². The van der Waals surface area contributed by atoms with Crippen molar-refractivity contribution >= 4 is 45.3 Å². The fraction of sp³-hybridized carbons (Fsp3) is 0. The smallest absolute Gasteiger partial charge is 0.259 e. The van der Waals surface area contributed by atoms with Crippen LogP contribution >= 0.6 is 0 Å². The molecule has 5 aromatic carbocycles. The Balaban J connectivity index is 1.58. The molecule has 2 amide bonds. The lowest BCUT2D eigenvalue weighted by atomic mass is 10.0. The maximum Gasteiger partial charge on any atom is 0.259 e. The Morgan fingerprint density at radius 2 is 1.19 bits per heavy atom. The normalized spacial score (nSPS) is 10.9. The maximum absolute atomic E-state index is 13.1. The number of rotatable bonds is 6. The Morgan fingerprint density at radius 3 is 1.81 bits per heavy atom. The Kier molecular flexibility index (Phi) is 6.67. The monoisotopic (exact) mass is 486 g/mol. The van der Waals surface area contributed by atoms with Crippen LogP contribution in [0.5, 0.6) is 5.75 Å². The van der Waals surface area contributed by atoms with Crippen molar-refractivity contribution in [3.8, 4) is 5.75 Å². The second-order valence-corrected chi connectivity index (χ2v) is 8.23. The summed E-state index contributed by atoms with van der Waals surface area (Å²) in [5.74, 6) is -1.12. The van der Waals surface area contributed by atoms with Crippen molar-refractivity contribution in [3.05, 3.63) is 126 Å². The highest BCUT2D eigenvalue weighted by atomic mass is 16.3. The number of carbonyl (C=O) groups excluding carboxylic acids is 2. The van der Waals surface area contributed by atoms with E-state index in [9.17, 15) is 14.7 Å². The third kappa shape index (κ3) is 5.36. The van der Waals surface area contributed by atoms with Crippen LogP contribution in [0.1, 0.15) is 20.7 Å². The van der Waals surface area contributed by atoms with Gasteiger partial charge < -0.3 is 15.7 Å². The summed E-state index contributed by atoms with van der Waals surface area (Å²) in [6, 6.07) is 33.7. The van der Waals surface area contributed by atoms with Crippen LogP contribution < -0.4 is 10.6 Å². The van der Waals surface area contributed by atoms with E-state index in [4.69, 9.17) is 0 Å². The van der Waals surface area contributed by atoms with Gasteiger partial charge in [-0.25, -0.2) is 0 Å². The molecular formula is C30H22N4O3. The molecule has 180 valence electrons. The van der Waals surface area contributed by atoms with E-state index in [1.165, 1.54) is 0 Å². The molecule has 0 aliphatic carbocycles. The number of nitrogens with zero attached hydrogens (tertiary/aromatic N) is 2. The van der Waals surface area contributed by atoms with Gasteiger partial charge in [-0.1, -0.05) is 60.7 Å². The third-order valence-corrected chi connectivity index (χ3v) is 5.68. The van der Waals surface area contributed by atoms with E-state index < -0.39 is 5.91 Å². The fourth-order valence-corrected chi connectivity index (χ4v) is 3.84. The van der Waals surface area contributed by atoms with Crippen molar-refractivity contribution in [1.82, 2.24) is 0 Å². The molecule has 0 aromatic heterocycles. The van der Waals surface area contributed by atoms with Crippen LogP contribution in [-0.2, 0) is 0 Å². The molecule has 0 saturated heterocycles. The Morgan fingerprint density at radius 1 is 0.622 bits per heavy atom. The van der Waals surface area contributed by atoms with Crippen molar-refractivity contribution in [2.75, 3.05) is 10.6 Å². The minimum atomic E-state index is -0.513.